The van der Waals surface area contributed by atoms with Gasteiger partial charge in [0.15, 0.2) is 0 Å². The molecule has 4 aliphatic carbocycles. The molecule has 4 heterocycles. The van der Waals surface area contributed by atoms with Crippen molar-refractivity contribution in [2.24, 2.45) is 29.6 Å². The fraction of sp³-hybridized carbons (Fsp3) is 0.583. The van der Waals surface area contributed by atoms with E-state index in [-0.39, 0.29) is 43.4 Å². The van der Waals surface area contributed by atoms with Gasteiger partial charge in [-0.05, 0) is 120 Å². The predicted molar refractivity (Wildman–Crippen MR) is 244 cm³/mol. The van der Waals surface area contributed by atoms with Gasteiger partial charge < -0.3 is 24.8 Å². The second-order valence-corrected chi connectivity index (χ2v) is 22.4. The number of amides is 4. The summed E-state index contributed by atoms with van der Waals surface area (Å²) >= 11 is 1.43. The molecular formula is C48H60N6O9S2. The van der Waals surface area contributed by atoms with E-state index >= 15 is 4.79 Å². The number of benzene rings is 1. The molecule has 2 aliphatic heterocycles. The van der Waals surface area contributed by atoms with Gasteiger partial charge in [0.25, 0.3) is 5.91 Å². The molecule has 4 amide bonds. The highest BCUT2D eigenvalue weighted by Gasteiger charge is 2.62. The molecule has 348 valence electrons. The summed E-state index contributed by atoms with van der Waals surface area (Å²) in [6.07, 6.45) is 9.91. The number of carbonyl (C=O) groups is 4. The Kier molecular flexibility index (Phi) is 12.5. The zero-order valence-corrected chi connectivity index (χ0v) is 39.1. The summed E-state index contributed by atoms with van der Waals surface area (Å²) in [5.74, 6) is -0.478. The van der Waals surface area contributed by atoms with Gasteiger partial charge in [0, 0.05) is 47.7 Å². The molecule has 15 nitrogen and oxygen atoms in total. The van der Waals surface area contributed by atoms with Crippen LogP contribution in [0.3, 0.4) is 0 Å². The second kappa shape index (κ2) is 18.0. The Morgan fingerprint density at radius 1 is 1.03 bits per heavy atom. The first-order valence-electron chi connectivity index (χ1n) is 23.3. The molecule has 5 fully saturated rings. The molecule has 10 atom stereocenters. The first-order valence-corrected chi connectivity index (χ1v) is 25.8. The number of rotatable bonds is 12. The molecule has 2 aromatic heterocycles. The number of hydrogen-bond acceptors (Lipinski definition) is 11. The first-order chi connectivity index (χ1) is 31.1. The Balaban J connectivity index is 1.08. The minimum atomic E-state index is -3.94. The van der Waals surface area contributed by atoms with Crippen molar-refractivity contribution in [1.82, 2.24) is 29.8 Å². The smallest absolute Gasteiger partial charge is 0.408 e. The number of nitrogens with zero attached hydrogens (tertiary/aromatic N) is 4. The van der Waals surface area contributed by atoms with Crippen LogP contribution >= 0.6 is 11.3 Å². The van der Waals surface area contributed by atoms with E-state index in [1.165, 1.54) is 21.1 Å². The van der Waals surface area contributed by atoms with Gasteiger partial charge in [-0.2, -0.15) is 0 Å². The van der Waals surface area contributed by atoms with Gasteiger partial charge in [-0.25, -0.2) is 23.2 Å². The number of nitrogens with one attached hydrogen (secondary N) is 2. The van der Waals surface area contributed by atoms with Gasteiger partial charge in [-0.3, -0.25) is 24.0 Å². The number of ether oxygens (including phenoxy) is 2. The number of fused-ring (bicyclic) bond motifs is 3. The van der Waals surface area contributed by atoms with Gasteiger partial charge in [-0.15, -0.1) is 11.3 Å². The molecule has 1 aromatic carbocycles. The fourth-order valence-electron chi connectivity index (χ4n) is 10.6. The molecule has 0 spiro atoms. The van der Waals surface area contributed by atoms with E-state index in [9.17, 15) is 27.9 Å². The molecule has 65 heavy (non-hydrogen) atoms. The number of thiazole rings is 1. The maximum Gasteiger partial charge on any atom is 0.408 e. The van der Waals surface area contributed by atoms with Crippen molar-refractivity contribution in [2.45, 2.75) is 139 Å². The number of aromatic nitrogens is 2. The molecule has 3 aromatic rings. The average molecular weight is 929 g/mol. The standard InChI is InChI=1S/C48H60N6O9S2/c1-5-29-18-28(4)8-6-7-9-33-25-48(33,46(57)52-65(60,61)38-14-15-38)51-43(55)41-24-37(26-53(41)45(56)42(29)54(47(58)59)34-20-31-19-32(31)21-34)63-36-22-39(50-40(23-36)44-49-16-17-64-44)30-10-12-35(13-11-30)62-27(2)3/h7,9-13,16-17,22-23,27-29,31-34,37-38,41-42H,5-6,8,14-15,18-21,24-26H2,1-4H3,(H,51,55)(H,52,57)(H,58,59)/b9-7-/t28-,29-,31-,32+,33-,34?,37-,41+,42+,48-/m1/s1. The van der Waals surface area contributed by atoms with Crippen molar-refractivity contribution >= 4 is 45.2 Å². The molecule has 17 heteroatoms. The summed E-state index contributed by atoms with van der Waals surface area (Å²) in [6, 6.07) is 8.65. The van der Waals surface area contributed by atoms with E-state index < -0.39 is 68.7 Å². The number of pyridine rings is 1. The molecule has 6 aliphatic rings. The Hall–Kier alpha value is -5.03. The topological polar surface area (TPSA) is 197 Å². The Morgan fingerprint density at radius 3 is 2.43 bits per heavy atom. The van der Waals surface area contributed by atoms with E-state index in [2.05, 4.69) is 21.9 Å². The number of sulfonamides is 1. The predicted octanol–water partition coefficient (Wildman–Crippen LogP) is 7.04. The maximum absolute atomic E-state index is 15.6. The molecule has 1 saturated heterocycles. The lowest BCUT2D eigenvalue weighted by Gasteiger charge is -2.41. The molecule has 9 rings (SSSR count). The van der Waals surface area contributed by atoms with Gasteiger partial charge >= 0.3 is 6.09 Å². The Bertz CT molecular complexity index is 2420. The minimum Gasteiger partial charge on any atom is -0.491 e. The number of hydrogen-bond donors (Lipinski definition) is 3. The number of carbonyl (C=O) groups excluding carboxylic acids is 3. The quantitative estimate of drug-likeness (QED) is 0.158. The van der Waals surface area contributed by atoms with Crippen molar-refractivity contribution < 1.29 is 42.2 Å². The van der Waals surface area contributed by atoms with Gasteiger partial charge in [0.2, 0.25) is 21.8 Å². The Morgan fingerprint density at radius 2 is 1.77 bits per heavy atom. The highest BCUT2D eigenvalue weighted by Crippen LogP contribution is 2.54. The van der Waals surface area contributed by atoms with E-state index in [4.69, 9.17) is 14.5 Å². The molecule has 1 unspecified atom stereocenters. The van der Waals surface area contributed by atoms with Crippen molar-refractivity contribution in [2.75, 3.05) is 6.54 Å². The van der Waals surface area contributed by atoms with Crippen LogP contribution in [0.25, 0.3) is 22.0 Å². The highest BCUT2D eigenvalue weighted by molar-refractivity contribution is 7.91. The van der Waals surface area contributed by atoms with Gasteiger partial charge in [-0.1, -0.05) is 32.4 Å². The molecule has 0 bridgehead atoms. The Labute approximate surface area is 384 Å². The molecule has 4 saturated carbocycles. The number of allylic oxidation sites excluding steroid dienone is 1. The van der Waals surface area contributed by atoms with Crippen molar-refractivity contribution in [3.8, 4) is 33.5 Å². The van der Waals surface area contributed by atoms with Crippen LogP contribution in [0.4, 0.5) is 4.79 Å². The third-order valence-electron chi connectivity index (χ3n) is 14.3. The van der Waals surface area contributed by atoms with E-state index in [1.54, 1.807) is 12.3 Å². The summed E-state index contributed by atoms with van der Waals surface area (Å²) in [6.45, 7) is 8.00. The molecule has 0 radical (unpaired) electrons. The summed E-state index contributed by atoms with van der Waals surface area (Å²) in [5.41, 5.74) is 0.445. The fourth-order valence-corrected chi connectivity index (χ4v) is 12.6. The number of carboxylic acid groups (broad SMARTS) is 1. The van der Waals surface area contributed by atoms with Crippen molar-refractivity contribution in [3.63, 3.8) is 0 Å². The third kappa shape index (κ3) is 9.63. The van der Waals surface area contributed by atoms with Crippen LogP contribution in [0.1, 0.15) is 98.3 Å². The van der Waals surface area contributed by atoms with Crippen LogP contribution in [0.5, 0.6) is 11.5 Å². The van der Waals surface area contributed by atoms with Crippen LogP contribution in [-0.2, 0) is 24.4 Å². The summed E-state index contributed by atoms with van der Waals surface area (Å²) in [4.78, 5) is 70.4. The lowest BCUT2D eigenvalue weighted by atomic mass is 9.83. The van der Waals surface area contributed by atoms with E-state index in [0.717, 1.165) is 24.2 Å². The van der Waals surface area contributed by atoms with Crippen LogP contribution < -0.4 is 19.5 Å². The monoisotopic (exact) mass is 928 g/mol. The largest absolute Gasteiger partial charge is 0.491 e. The van der Waals surface area contributed by atoms with Gasteiger partial charge in [0.1, 0.15) is 45.9 Å². The van der Waals surface area contributed by atoms with Crippen molar-refractivity contribution in [3.05, 3.63) is 60.1 Å². The van der Waals surface area contributed by atoms with Crippen LogP contribution in [0.15, 0.2) is 60.1 Å². The summed E-state index contributed by atoms with van der Waals surface area (Å²) in [5, 5.41) is 15.9. The lowest BCUT2D eigenvalue weighted by molar-refractivity contribution is -0.145. The molecular weight excluding hydrogens is 869 g/mol. The highest BCUT2D eigenvalue weighted by atomic mass is 32.2. The first kappa shape index (κ1) is 45.1. The summed E-state index contributed by atoms with van der Waals surface area (Å²) < 4.78 is 41.1. The minimum absolute atomic E-state index is 0.00246. The van der Waals surface area contributed by atoms with E-state index in [0.29, 0.717) is 78.9 Å². The van der Waals surface area contributed by atoms with E-state index in [1.807, 2.05) is 68.6 Å². The van der Waals surface area contributed by atoms with Crippen molar-refractivity contribution in [1.29, 1.82) is 0 Å². The summed E-state index contributed by atoms with van der Waals surface area (Å²) in [7, 11) is -3.94. The zero-order valence-electron chi connectivity index (χ0n) is 37.4. The molecule has 3 N–H and O–H groups in total. The maximum atomic E-state index is 15.6. The zero-order chi connectivity index (χ0) is 45.8. The lowest BCUT2D eigenvalue weighted by Crippen LogP contribution is -2.61. The SMILES string of the molecule is CC[C@@H]1C[C@H](C)CC/C=C\[C@@H]2C[C@@]2(C(=O)NS(=O)(=O)C2CC2)NC(=O)[C@@H]2C[C@@H](Oc3cc(-c4ccc(OC(C)C)cc4)nc(-c4nccs4)c3)CN2C(=O)[C@H]1N(C(=O)O)C1C[C@@H]2C[C@@H]2C1. The van der Waals surface area contributed by atoms with Gasteiger partial charge in [0.05, 0.1) is 23.6 Å². The average Bonchev–Trinajstić information content (AvgIpc) is 4.22. The second-order valence-electron chi connectivity index (χ2n) is 19.6. The van der Waals surface area contributed by atoms with Crippen LogP contribution in [0, 0.1) is 29.6 Å². The van der Waals surface area contributed by atoms with Crippen LogP contribution in [-0.4, -0.2) is 105 Å². The van der Waals surface area contributed by atoms with Crippen LogP contribution in [0.2, 0.25) is 0 Å². The third-order valence-corrected chi connectivity index (χ3v) is 17.0. The normalized spacial score (nSPS) is 31.6.